The van der Waals surface area contributed by atoms with Crippen molar-refractivity contribution in [3.8, 4) is 0 Å². The average Bonchev–Trinajstić information content (AvgIpc) is 2.77. The molecule has 2 aliphatic heterocycles. The van der Waals surface area contributed by atoms with Crippen molar-refractivity contribution in [1.82, 2.24) is 0 Å². The molecule has 1 fully saturated rings. The molecule has 2 nitrogen and oxygen atoms in total. The number of hydrogen-bond donors (Lipinski definition) is 0. The maximum absolute atomic E-state index is 6.29. The fourth-order valence-corrected chi connectivity index (χ4v) is 3.08. The molecular weight excluding hydrogens is 372 g/mol. The molecule has 0 aromatic heterocycles. The average molecular weight is 392 g/mol. The molecule has 5 atom stereocenters. The molecule has 19 heavy (non-hydrogen) atoms. The van der Waals surface area contributed by atoms with Crippen molar-refractivity contribution in [3.05, 3.63) is 28.9 Å². The fourth-order valence-electron chi connectivity index (χ4n) is 2.59. The summed E-state index contributed by atoms with van der Waals surface area (Å²) in [5.41, 5.74) is 3.04. The van der Waals surface area contributed by atoms with Gasteiger partial charge in [0.25, 0.3) is 0 Å². The Morgan fingerprint density at radius 3 is 2.84 bits per heavy atom. The SMILES string of the molecule is CC[C@H](Br)[C@@H]1CC=CC[C@H]2O[C@H](C=C=CBr)C[C@H]2O1. The highest BCUT2D eigenvalue weighted by Gasteiger charge is 2.37. The van der Waals surface area contributed by atoms with E-state index in [0.717, 1.165) is 25.7 Å². The topological polar surface area (TPSA) is 18.5 Å². The molecule has 0 aliphatic carbocycles. The Bertz CT molecular complexity index is 374. The summed E-state index contributed by atoms with van der Waals surface area (Å²) >= 11 is 6.95. The van der Waals surface area contributed by atoms with Crippen LogP contribution < -0.4 is 0 Å². The molecule has 0 amide bonds. The van der Waals surface area contributed by atoms with Gasteiger partial charge in [-0.1, -0.05) is 50.9 Å². The molecule has 2 rings (SSSR count). The third-order valence-corrected chi connectivity index (χ3v) is 5.12. The van der Waals surface area contributed by atoms with E-state index in [1.165, 1.54) is 0 Å². The first-order chi connectivity index (χ1) is 9.24. The highest BCUT2D eigenvalue weighted by molar-refractivity contribution is 9.11. The third kappa shape index (κ3) is 4.30. The van der Waals surface area contributed by atoms with Crippen LogP contribution in [-0.4, -0.2) is 29.2 Å². The van der Waals surface area contributed by atoms with Crippen LogP contribution in [0.4, 0.5) is 0 Å². The summed E-state index contributed by atoms with van der Waals surface area (Å²) in [6.45, 7) is 2.18. The van der Waals surface area contributed by atoms with E-state index >= 15 is 0 Å². The number of rotatable bonds is 3. The molecule has 0 aromatic rings. The molecule has 2 aliphatic rings. The molecule has 0 aromatic carbocycles. The molecule has 0 radical (unpaired) electrons. The van der Waals surface area contributed by atoms with E-state index in [9.17, 15) is 0 Å². The molecule has 0 saturated carbocycles. The van der Waals surface area contributed by atoms with Gasteiger partial charge in [0.2, 0.25) is 0 Å². The highest BCUT2D eigenvalue weighted by atomic mass is 79.9. The quantitative estimate of drug-likeness (QED) is 0.401. The van der Waals surface area contributed by atoms with Crippen molar-refractivity contribution in [3.63, 3.8) is 0 Å². The van der Waals surface area contributed by atoms with E-state index in [0.29, 0.717) is 4.83 Å². The van der Waals surface area contributed by atoms with Crippen molar-refractivity contribution < 1.29 is 9.47 Å². The van der Waals surface area contributed by atoms with Crippen LogP contribution in [0.15, 0.2) is 28.9 Å². The van der Waals surface area contributed by atoms with E-state index in [1.54, 1.807) is 4.99 Å². The lowest BCUT2D eigenvalue weighted by molar-refractivity contribution is -0.0540. The predicted molar refractivity (Wildman–Crippen MR) is 84.9 cm³/mol. The predicted octanol–water partition coefficient (Wildman–Crippen LogP) is 4.48. The lowest BCUT2D eigenvalue weighted by Crippen LogP contribution is -2.34. The summed E-state index contributed by atoms with van der Waals surface area (Å²) in [5.74, 6) is 0. The monoisotopic (exact) mass is 390 g/mol. The number of fused-ring (bicyclic) bond motifs is 1. The maximum atomic E-state index is 6.29. The molecule has 0 spiro atoms. The van der Waals surface area contributed by atoms with Crippen LogP contribution >= 0.6 is 31.9 Å². The Hall–Kier alpha value is 0.140. The normalized spacial score (nSPS) is 35.7. The van der Waals surface area contributed by atoms with Gasteiger partial charge < -0.3 is 9.47 Å². The van der Waals surface area contributed by atoms with Crippen LogP contribution in [-0.2, 0) is 9.47 Å². The fraction of sp³-hybridized carbons (Fsp3) is 0.667. The number of alkyl halides is 1. The molecule has 2 heterocycles. The second-order valence-corrected chi connectivity index (χ2v) is 6.61. The molecule has 0 bridgehead atoms. The van der Waals surface area contributed by atoms with E-state index < -0.39 is 0 Å². The minimum Gasteiger partial charge on any atom is -0.371 e. The Balaban J connectivity index is 2.04. The minimum atomic E-state index is 0.117. The largest absolute Gasteiger partial charge is 0.371 e. The van der Waals surface area contributed by atoms with Crippen LogP contribution in [0.25, 0.3) is 0 Å². The second-order valence-electron chi connectivity index (χ2n) is 4.97. The molecule has 0 N–H and O–H groups in total. The first-order valence-corrected chi connectivity index (χ1v) is 8.69. The van der Waals surface area contributed by atoms with Crippen molar-refractivity contribution in [2.24, 2.45) is 0 Å². The van der Waals surface area contributed by atoms with Gasteiger partial charge in [0.15, 0.2) is 0 Å². The third-order valence-electron chi connectivity index (χ3n) is 3.62. The first-order valence-electron chi connectivity index (χ1n) is 6.85. The summed E-state index contributed by atoms with van der Waals surface area (Å²) < 4.78 is 12.3. The van der Waals surface area contributed by atoms with Crippen molar-refractivity contribution in [1.29, 1.82) is 0 Å². The number of hydrogen-bond acceptors (Lipinski definition) is 2. The summed E-state index contributed by atoms with van der Waals surface area (Å²) in [5, 5.41) is 0. The van der Waals surface area contributed by atoms with Gasteiger partial charge in [-0.2, -0.15) is 0 Å². The van der Waals surface area contributed by atoms with Crippen molar-refractivity contribution in [2.45, 2.75) is 61.9 Å². The number of halogens is 2. The lowest BCUT2D eigenvalue weighted by atomic mass is 10.0. The van der Waals surface area contributed by atoms with Gasteiger partial charge in [-0.3, -0.25) is 0 Å². The molecule has 4 heteroatoms. The van der Waals surface area contributed by atoms with Gasteiger partial charge in [-0.15, -0.1) is 5.73 Å². The zero-order chi connectivity index (χ0) is 13.7. The van der Waals surface area contributed by atoms with Gasteiger partial charge in [-0.05, 0) is 25.3 Å². The van der Waals surface area contributed by atoms with Crippen molar-refractivity contribution in [2.75, 3.05) is 0 Å². The highest BCUT2D eigenvalue weighted by Crippen LogP contribution is 2.31. The molecular formula is C15H20Br2O2. The Kier molecular flexibility index (Phi) is 6.37. The van der Waals surface area contributed by atoms with Gasteiger partial charge in [0.1, 0.15) is 0 Å². The summed E-state index contributed by atoms with van der Waals surface area (Å²) in [6, 6.07) is 0. The smallest absolute Gasteiger partial charge is 0.0880 e. The molecule has 1 saturated heterocycles. The van der Waals surface area contributed by atoms with E-state index in [2.05, 4.69) is 56.7 Å². The van der Waals surface area contributed by atoms with Gasteiger partial charge >= 0.3 is 0 Å². The van der Waals surface area contributed by atoms with Gasteiger partial charge in [-0.25, -0.2) is 0 Å². The van der Waals surface area contributed by atoms with Crippen LogP contribution in [0.1, 0.15) is 32.6 Å². The Morgan fingerprint density at radius 1 is 1.32 bits per heavy atom. The van der Waals surface area contributed by atoms with Crippen LogP contribution in [0.3, 0.4) is 0 Å². The summed E-state index contributed by atoms with van der Waals surface area (Å²) in [6.07, 6.45) is 11.1. The lowest BCUT2D eigenvalue weighted by Gasteiger charge is -2.28. The van der Waals surface area contributed by atoms with Crippen LogP contribution in [0.2, 0.25) is 0 Å². The van der Waals surface area contributed by atoms with Crippen molar-refractivity contribution >= 4 is 31.9 Å². The van der Waals surface area contributed by atoms with E-state index in [4.69, 9.17) is 9.47 Å². The zero-order valence-corrected chi connectivity index (χ0v) is 14.3. The molecule has 106 valence electrons. The Morgan fingerprint density at radius 2 is 2.11 bits per heavy atom. The Labute approximate surface area is 132 Å². The van der Waals surface area contributed by atoms with Crippen LogP contribution in [0, 0.1) is 0 Å². The zero-order valence-electron chi connectivity index (χ0n) is 11.1. The van der Waals surface area contributed by atoms with Crippen LogP contribution in [0.5, 0.6) is 0 Å². The maximum Gasteiger partial charge on any atom is 0.0880 e. The standard InChI is InChI=1S/C15H20Br2O2/c1-2-12(17)13-7-3-4-8-14-15(19-13)10-11(18-14)6-5-9-16/h3-4,6,9,11-15H,2,7-8,10H2,1H3/t5?,11-,12+,13+,14-,15-/m1/s1. The summed E-state index contributed by atoms with van der Waals surface area (Å²) in [4.78, 5) is 2.14. The van der Waals surface area contributed by atoms with Gasteiger partial charge in [0.05, 0.1) is 24.4 Å². The molecule has 0 unspecified atom stereocenters. The first kappa shape index (κ1) is 15.5. The number of ether oxygens (including phenoxy) is 2. The second kappa shape index (κ2) is 7.80. The van der Waals surface area contributed by atoms with E-state index in [1.807, 2.05) is 6.08 Å². The minimum absolute atomic E-state index is 0.117. The van der Waals surface area contributed by atoms with Gasteiger partial charge in [0, 0.05) is 16.2 Å². The van der Waals surface area contributed by atoms with E-state index in [-0.39, 0.29) is 24.4 Å². The summed E-state index contributed by atoms with van der Waals surface area (Å²) in [7, 11) is 0.